The average molecular weight is 202 g/mol. The van der Waals surface area contributed by atoms with Crippen LogP contribution in [0.5, 0.6) is 0 Å². The van der Waals surface area contributed by atoms with E-state index >= 15 is 0 Å². The van der Waals surface area contributed by atoms with Crippen molar-refractivity contribution in [1.82, 2.24) is 0 Å². The summed E-state index contributed by atoms with van der Waals surface area (Å²) in [4.78, 5) is 0. The van der Waals surface area contributed by atoms with Gasteiger partial charge >= 0.3 is 0 Å². The zero-order chi connectivity index (χ0) is 9.40. The Balaban J connectivity index is 3.35. The van der Waals surface area contributed by atoms with Gasteiger partial charge in [0.1, 0.15) is 0 Å². The van der Waals surface area contributed by atoms with Crippen LogP contribution in [0.1, 0.15) is 0 Å². The second kappa shape index (κ2) is 6.88. The van der Waals surface area contributed by atoms with Crippen LogP contribution in [0, 0.1) is 22.7 Å². The van der Waals surface area contributed by atoms with E-state index in [1.807, 2.05) is 0 Å². The molecule has 0 rings (SSSR count). The fraction of sp³-hybridized carbons (Fsp3) is 0.333. The molecule has 12 heavy (non-hydrogen) atoms. The van der Waals surface area contributed by atoms with Gasteiger partial charge in [0, 0.05) is 0 Å². The van der Waals surface area contributed by atoms with Crippen molar-refractivity contribution in [3.8, 4) is 11.8 Å². The van der Waals surface area contributed by atoms with Crippen molar-refractivity contribution in [2.75, 3.05) is 11.5 Å². The quantitative estimate of drug-likeness (QED) is 0.293. The Morgan fingerprint density at radius 3 is 1.58 bits per heavy atom. The second-order valence-corrected chi connectivity index (χ2v) is 3.69. The Hall–Kier alpha value is -0.800. The summed E-state index contributed by atoms with van der Waals surface area (Å²) >= 11 is 2.37. The average Bonchev–Trinajstić information content (AvgIpc) is 1.95. The Morgan fingerprint density at radius 2 is 1.33 bits per heavy atom. The summed E-state index contributed by atoms with van der Waals surface area (Å²) in [6, 6.07) is 0. The minimum absolute atomic E-state index is 0.0727. The maximum Gasteiger partial charge on any atom is 0.151 e. The molecule has 0 aliphatic carbocycles. The smallest absolute Gasteiger partial charge is 0.151 e. The molecule has 0 atom stereocenters. The lowest BCUT2D eigenvalue weighted by Gasteiger charge is -1.89. The van der Waals surface area contributed by atoms with Crippen molar-refractivity contribution in [1.29, 1.82) is 10.8 Å². The first kappa shape index (κ1) is 11.2. The van der Waals surface area contributed by atoms with Gasteiger partial charge in [0.05, 0.1) is 11.5 Å². The molecule has 6 N–H and O–H groups in total. The lowest BCUT2D eigenvalue weighted by atomic mass is 10.7. The first-order valence-electron chi connectivity index (χ1n) is 3.02. The third-order valence-electron chi connectivity index (χ3n) is 0.725. The number of hydrogen-bond donors (Lipinski definition) is 4. The minimum atomic E-state index is 0.0727. The van der Waals surface area contributed by atoms with Crippen molar-refractivity contribution >= 4 is 33.9 Å². The van der Waals surface area contributed by atoms with Crippen LogP contribution >= 0.6 is 23.5 Å². The Labute approximate surface area is 79.9 Å². The van der Waals surface area contributed by atoms with Crippen LogP contribution in [0.2, 0.25) is 0 Å². The Bertz CT molecular complexity index is 205. The molecule has 0 heterocycles. The lowest BCUT2D eigenvalue weighted by Crippen LogP contribution is -2.04. The van der Waals surface area contributed by atoms with Gasteiger partial charge in [0.25, 0.3) is 0 Å². The van der Waals surface area contributed by atoms with Gasteiger partial charge < -0.3 is 11.5 Å². The highest BCUT2D eigenvalue weighted by atomic mass is 32.2. The van der Waals surface area contributed by atoms with E-state index in [1.165, 1.54) is 23.5 Å². The van der Waals surface area contributed by atoms with Gasteiger partial charge in [0.15, 0.2) is 10.3 Å². The summed E-state index contributed by atoms with van der Waals surface area (Å²) in [6.45, 7) is 0. The normalized spacial score (nSPS) is 8.33. The topological polar surface area (TPSA) is 99.7 Å². The molecule has 0 aromatic carbocycles. The first-order valence-corrected chi connectivity index (χ1v) is 4.99. The second-order valence-electron chi connectivity index (χ2n) is 1.66. The van der Waals surface area contributed by atoms with E-state index in [0.29, 0.717) is 11.5 Å². The van der Waals surface area contributed by atoms with Crippen LogP contribution < -0.4 is 11.5 Å². The molecule has 0 unspecified atom stereocenters. The van der Waals surface area contributed by atoms with Gasteiger partial charge in [-0.2, -0.15) is 0 Å². The van der Waals surface area contributed by atoms with E-state index in [2.05, 4.69) is 11.8 Å². The van der Waals surface area contributed by atoms with Crippen LogP contribution in [0.25, 0.3) is 0 Å². The number of thioether (sulfide) groups is 2. The van der Waals surface area contributed by atoms with Gasteiger partial charge in [-0.1, -0.05) is 35.4 Å². The van der Waals surface area contributed by atoms with E-state index in [0.717, 1.165) is 0 Å². The standard InChI is InChI=1S/C6H10N4S2/c7-5(8)11-3-1-2-4-12-6(9)10/h3-4H2,(H3,7,8)(H3,9,10). The summed E-state index contributed by atoms with van der Waals surface area (Å²) in [6.07, 6.45) is 0. The maximum atomic E-state index is 6.86. The molecule has 6 heteroatoms. The molecule has 0 aliphatic heterocycles. The third kappa shape index (κ3) is 9.20. The SMILES string of the molecule is N=C(N)SCC#CCSC(=N)N. The number of rotatable bonds is 2. The molecule has 4 nitrogen and oxygen atoms in total. The maximum absolute atomic E-state index is 6.86. The van der Waals surface area contributed by atoms with Crippen molar-refractivity contribution in [3.63, 3.8) is 0 Å². The van der Waals surface area contributed by atoms with E-state index in [1.54, 1.807) is 0 Å². The van der Waals surface area contributed by atoms with E-state index in [-0.39, 0.29) is 10.3 Å². The Kier molecular flexibility index (Phi) is 6.42. The van der Waals surface area contributed by atoms with Crippen molar-refractivity contribution in [2.45, 2.75) is 0 Å². The molecule has 0 aromatic rings. The molecule has 0 bridgehead atoms. The highest BCUT2D eigenvalue weighted by molar-refractivity contribution is 8.14. The lowest BCUT2D eigenvalue weighted by molar-refractivity contribution is 1.50. The van der Waals surface area contributed by atoms with Crippen molar-refractivity contribution in [3.05, 3.63) is 0 Å². The summed E-state index contributed by atoms with van der Waals surface area (Å²) < 4.78 is 0. The molecule has 0 amide bonds. The number of amidine groups is 2. The van der Waals surface area contributed by atoms with E-state index in [9.17, 15) is 0 Å². The molecule has 0 saturated heterocycles. The van der Waals surface area contributed by atoms with Crippen molar-refractivity contribution in [2.24, 2.45) is 11.5 Å². The molecule has 0 aliphatic rings. The summed E-state index contributed by atoms with van der Waals surface area (Å²) in [5.41, 5.74) is 10.1. The van der Waals surface area contributed by atoms with Crippen LogP contribution in [0.15, 0.2) is 0 Å². The Morgan fingerprint density at radius 1 is 1.00 bits per heavy atom. The molecule has 66 valence electrons. The zero-order valence-electron chi connectivity index (χ0n) is 6.39. The van der Waals surface area contributed by atoms with Gasteiger partial charge in [0.2, 0.25) is 0 Å². The molecule has 0 saturated carbocycles. The third-order valence-corrected chi connectivity index (χ3v) is 1.92. The first-order chi connectivity index (χ1) is 5.63. The van der Waals surface area contributed by atoms with Gasteiger partial charge in [-0.05, 0) is 0 Å². The summed E-state index contributed by atoms with van der Waals surface area (Å²) in [7, 11) is 0. The minimum Gasteiger partial charge on any atom is -0.379 e. The molecule has 0 aromatic heterocycles. The zero-order valence-corrected chi connectivity index (χ0v) is 8.02. The fourth-order valence-electron chi connectivity index (χ4n) is 0.330. The van der Waals surface area contributed by atoms with E-state index < -0.39 is 0 Å². The molecule has 0 spiro atoms. The molecule has 0 fully saturated rings. The fourth-order valence-corrected chi connectivity index (χ4v) is 0.989. The predicted molar refractivity (Wildman–Crippen MR) is 56.5 cm³/mol. The molecular weight excluding hydrogens is 192 g/mol. The van der Waals surface area contributed by atoms with Crippen molar-refractivity contribution < 1.29 is 0 Å². The van der Waals surface area contributed by atoms with Gasteiger partial charge in [-0.15, -0.1) is 0 Å². The highest BCUT2D eigenvalue weighted by Crippen LogP contribution is 1.96. The predicted octanol–water partition coefficient (Wildman–Crippen LogP) is 0.243. The van der Waals surface area contributed by atoms with Crippen LogP contribution in [-0.2, 0) is 0 Å². The highest BCUT2D eigenvalue weighted by Gasteiger charge is 1.86. The number of hydrogen-bond acceptors (Lipinski definition) is 4. The number of nitrogens with two attached hydrogens (primary N) is 2. The van der Waals surface area contributed by atoms with Gasteiger partial charge in [-0.3, -0.25) is 10.8 Å². The monoisotopic (exact) mass is 202 g/mol. The largest absolute Gasteiger partial charge is 0.379 e. The molecular formula is C6H10N4S2. The van der Waals surface area contributed by atoms with Crippen LogP contribution in [-0.4, -0.2) is 21.8 Å². The molecule has 0 radical (unpaired) electrons. The van der Waals surface area contributed by atoms with Crippen LogP contribution in [0.3, 0.4) is 0 Å². The van der Waals surface area contributed by atoms with Gasteiger partial charge in [-0.25, -0.2) is 0 Å². The van der Waals surface area contributed by atoms with Crippen LogP contribution in [0.4, 0.5) is 0 Å². The number of nitrogens with one attached hydrogen (secondary N) is 2. The van der Waals surface area contributed by atoms with E-state index in [4.69, 9.17) is 22.3 Å². The summed E-state index contributed by atoms with van der Waals surface area (Å²) in [5.74, 6) is 6.63. The summed E-state index contributed by atoms with van der Waals surface area (Å²) in [5, 5.41) is 13.9.